The molecule has 0 atom stereocenters. The smallest absolute Gasteiger partial charge is 0.235 e. The molecule has 4 aromatic rings. The summed E-state index contributed by atoms with van der Waals surface area (Å²) in [4.78, 5) is 16.7. The van der Waals surface area contributed by atoms with Crippen LogP contribution in [0.5, 0.6) is 11.5 Å². The van der Waals surface area contributed by atoms with E-state index in [1.165, 1.54) is 29.2 Å². The van der Waals surface area contributed by atoms with Gasteiger partial charge < -0.3 is 14.3 Å². The Kier molecular flexibility index (Phi) is 4.60. The van der Waals surface area contributed by atoms with Gasteiger partial charge >= 0.3 is 0 Å². The van der Waals surface area contributed by atoms with E-state index in [1.54, 1.807) is 25.2 Å². The minimum Gasteiger partial charge on any atom is -0.501 e. The van der Waals surface area contributed by atoms with Crippen LogP contribution in [-0.2, 0) is 13.7 Å². The number of fused-ring (bicyclic) bond motifs is 1. The van der Waals surface area contributed by atoms with Gasteiger partial charge in [0.25, 0.3) is 0 Å². The highest BCUT2D eigenvalue weighted by atomic mass is 79.9. The summed E-state index contributed by atoms with van der Waals surface area (Å²) in [7, 11) is 1.62. The first-order valence-electron chi connectivity index (χ1n) is 8.15. The minimum absolute atomic E-state index is 0.0711. The Morgan fingerprint density at radius 1 is 1.29 bits per heavy atom. The van der Waals surface area contributed by atoms with Gasteiger partial charge in [-0.3, -0.25) is 4.79 Å². The van der Waals surface area contributed by atoms with Gasteiger partial charge in [-0.2, -0.15) is 5.10 Å². The molecule has 0 radical (unpaired) electrons. The molecule has 1 N–H and O–H groups in total. The summed E-state index contributed by atoms with van der Waals surface area (Å²) < 4.78 is 26.3. The molecule has 0 aliphatic rings. The fourth-order valence-corrected chi connectivity index (χ4v) is 3.23. The second-order valence-electron chi connectivity index (χ2n) is 6.01. The van der Waals surface area contributed by atoms with Gasteiger partial charge in [-0.25, -0.2) is 14.1 Å². The van der Waals surface area contributed by atoms with E-state index in [-0.39, 0.29) is 35.0 Å². The minimum atomic E-state index is -0.618. The average molecular weight is 446 g/mol. The molecule has 0 aliphatic heterocycles. The largest absolute Gasteiger partial charge is 0.501 e. The van der Waals surface area contributed by atoms with Gasteiger partial charge in [-0.05, 0) is 45.8 Å². The Balaban J connectivity index is 1.74. The Labute approximate surface area is 166 Å². The number of aromatic nitrogens is 3. The fourth-order valence-electron chi connectivity index (χ4n) is 2.71. The Bertz CT molecular complexity index is 1230. The second kappa shape index (κ2) is 7.08. The maximum absolute atomic E-state index is 13.0. The van der Waals surface area contributed by atoms with E-state index >= 15 is 0 Å². The zero-order valence-electron chi connectivity index (χ0n) is 14.5. The molecule has 0 aliphatic carbocycles. The number of hydrogen-bond acceptors (Lipinski definition) is 6. The van der Waals surface area contributed by atoms with Crippen LogP contribution in [0.4, 0.5) is 4.39 Å². The molecule has 142 valence electrons. The third-order valence-corrected chi connectivity index (χ3v) is 4.72. The number of nitrogens with zero attached hydrogens (tertiary/aromatic N) is 3. The molecule has 0 saturated carbocycles. The van der Waals surface area contributed by atoms with E-state index < -0.39 is 11.2 Å². The summed E-state index contributed by atoms with van der Waals surface area (Å²) in [6.07, 6.45) is 1.29. The van der Waals surface area contributed by atoms with Crippen LogP contribution in [0.3, 0.4) is 0 Å². The van der Waals surface area contributed by atoms with Crippen molar-refractivity contribution < 1.29 is 18.7 Å². The Morgan fingerprint density at radius 3 is 2.71 bits per heavy atom. The highest BCUT2D eigenvalue weighted by Gasteiger charge is 2.21. The summed E-state index contributed by atoms with van der Waals surface area (Å²) in [5, 5.41) is 14.4. The van der Waals surface area contributed by atoms with Gasteiger partial charge in [0.05, 0.1) is 9.86 Å². The van der Waals surface area contributed by atoms with Crippen molar-refractivity contribution in [1.29, 1.82) is 0 Å². The number of rotatable bonds is 4. The SMILES string of the molecule is Cn1ncnc1-c1oc2c(Br)cc(OCc3ccc(F)cc3)cc2c(=O)c1O. The number of aromatic hydroxyl groups is 1. The van der Waals surface area contributed by atoms with Crippen LogP contribution < -0.4 is 10.2 Å². The maximum Gasteiger partial charge on any atom is 0.235 e. The second-order valence-corrected chi connectivity index (χ2v) is 6.87. The van der Waals surface area contributed by atoms with Crippen molar-refractivity contribution in [2.45, 2.75) is 6.61 Å². The zero-order chi connectivity index (χ0) is 19.8. The van der Waals surface area contributed by atoms with Crippen LogP contribution in [0.25, 0.3) is 22.6 Å². The number of aryl methyl sites for hydroxylation is 1. The summed E-state index contributed by atoms with van der Waals surface area (Å²) in [5.74, 6) is -0.352. The molecule has 0 fully saturated rings. The first-order chi connectivity index (χ1) is 13.4. The summed E-state index contributed by atoms with van der Waals surface area (Å²) >= 11 is 3.37. The predicted octanol–water partition coefficient (Wildman–Crippen LogP) is 3.77. The van der Waals surface area contributed by atoms with Crippen LogP contribution in [0.1, 0.15) is 5.56 Å². The molecule has 4 rings (SSSR count). The monoisotopic (exact) mass is 445 g/mol. The third-order valence-electron chi connectivity index (χ3n) is 4.13. The Hall–Kier alpha value is -3.20. The number of halogens is 2. The lowest BCUT2D eigenvalue weighted by molar-refractivity contribution is 0.306. The van der Waals surface area contributed by atoms with E-state index in [0.29, 0.717) is 10.2 Å². The van der Waals surface area contributed by atoms with Crippen molar-refractivity contribution >= 4 is 26.9 Å². The molecule has 2 heterocycles. The van der Waals surface area contributed by atoms with Crippen LogP contribution in [0.15, 0.2) is 56.4 Å². The molecule has 0 spiro atoms. The molecule has 28 heavy (non-hydrogen) atoms. The van der Waals surface area contributed by atoms with Crippen LogP contribution in [0, 0.1) is 5.82 Å². The predicted molar refractivity (Wildman–Crippen MR) is 103 cm³/mol. The van der Waals surface area contributed by atoms with Gasteiger partial charge in [0.2, 0.25) is 16.9 Å². The molecule has 0 bridgehead atoms. The summed E-state index contributed by atoms with van der Waals surface area (Å²) in [6, 6.07) is 9.03. The summed E-state index contributed by atoms with van der Waals surface area (Å²) in [5.41, 5.74) is 0.396. The molecular weight excluding hydrogens is 433 g/mol. The lowest BCUT2D eigenvalue weighted by Crippen LogP contribution is -2.06. The average Bonchev–Trinajstić information content (AvgIpc) is 3.10. The van der Waals surface area contributed by atoms with E-state index in [0.717, 1.165) is 5.56 Å². The van der Waals surface area contributed by atoms with Gasteiger partial charge in [-0.15, -0.1) is 0 Å². The first-order valence-corrected chi connectivity index (χ1v) is 8.94. The topological polar surface area (TPSA) is 90.4 Å². The number of ether oxygens (including phenoxy) is 1. The number of hydrogen-bond donors (Lipinski definition) is 1. The number of benzene rings is 2. The van der Waals surface area contributed by atoms with Crippen molar-refractivity contribution in [3.63, 3.8) is 0 Å². The normalized spacial score (nSPS) is 11.1. The summed E-state index contributed by atoms with van der Waals surface area (Å²) in [6.45, 7) is 0.187. The van der Waals surface area contributed by atoms with Crippen molar-refractivity contribution in [3.8, 4) is 23.1 Å². The molecule has 2 aromatic heterocycles. The van der Waals surface area contributed by atoms with E-state index in [1.807, 2.05) is 0 Å². The van der Waals surface area contributed by atoms with Gasteiger partial charge in [0.15, 0.2) is 11.4 Å². The molecule has 0 saturated heterocycles. The van der Waals surface area contributed by atoms with Crippen LogP contribution in [-0.4, -0.2) is 19.9 Å². The third kappa shape index (κ3) is 3.24. The lowest BCUT2D eigenvalue weighted by atomic mass is 10.2. The molecule has 0 amide bonds. The molecule has 7 nitrogen and oxygen atoms in total. The fraction of sp³-hybridized carbons (Fsp3) is 0.105. The Morgan fingerprint density at radius 2 is 2.04 bits per heavy atom. The van der Waals surface area contributed by atoms with E-state index in [4.69, 9.17) is 9.15 Å². The van der Waals surface area contributed by atoms with Crippen LogP contribution in [0.2, 0.25) is 0 Å². The quantitative estimate of drug-likeness (QED) is 0.513. The van der Waals surface area contributed by atoms with Crippen molar-refractivity contribution in [1.82, 2.24) is 14.8 Å². The van der Waals surface area contributed by atoms with Gasteiger partial charge in [0.1, 0.15) is 24.5 Å². The van der Waals surface area contributed by atoms with E-state index in [9.17, 15) is 14.3 Å². The van der Waals surface area contributed by atoms with Gasteiger partial charge in [0, 0.05) is 7.05 Å². The van der Waals surface area contributed by atoms with Crippen molar-refractivity contribution in [3.05, 3.63) is 68.8 Å². The molecule has 2 aromatic carbocycles. The standard InChI is InChI=1S/C19H13BrFN3O4/c1-24-19(22-9-23-24)18-16(26)15(25)13-6-12(7-14(20)17(13)28-18)27-8-10-2-4-11(21)5-3-10/h2-7,9,26H,8H2,1H3. The maximum atomic E-state index is 13.0. The molecular formula is C19H13BrFN3O4. The highest BCUT2D eigenvalue weighted by molar-refractivity contribution is 9.10. The van der Waals surface area contributed by atoms with Gasteiger partial charge in [-0.1, -0.05) is 12.1 Å². The first kappa shape index (κ1) is 18.2. The lowest BCUT2D eigenvalue weighted by Gasteiger charge is -2.10. The highest BCUT2D eigenvalue weighted by Crippen LogP contribution is 2.34. The zero-order valence-corrected chi connectivity index (χ0v) is 16.1. The van der Waals surface area contributed by atoms with Crippen molar-refractivity contribution in [2.75, 3.05) is 0 Å². The van der Waals surface area contributed by atoms with Crippen LogP contribution >= 0.6 is 15.9 Å². The van der Waals surface area contributed by atoms with E-state index in [2.05, 4.69) is 26.0 Å². The molecule has 0 unspecified atom stereocenters. The van der Waals surface area contributed by atoms with Crippen molar-refractivity contribution in [2.24, 2.45) is 7.05 Å². The molecule has 9 heteroatoms.